The minimum atomic E-state index is -0.245. The molecule has 2 aromatic heterocycles. The number of urea groups is 1. The van der Waals surface area contributed by atoms with E-state index in [9.17, 15) is 4.79 Å². The lowest BCUT2D eigenvalue weighted by atomic mass is 10.2. The van der Waals surface area contributed by atoms with Crippen molar-refractivity contribution < 1.29 is 9.21 Å². The zero-order valence-corrected chi connectivity index (χ0v) is 13.8. The lowest BCUT2D eigenvalue weighted by Gasteiger charge is -2.11. The van der Waals surface area contributed by atoms with Crippen LogP contribution in [0, 0.1) is 6.92 Å². The van der Waals surface area contributed by atoms with Gasteiger partial charge in [-0.1, -0.05) is 6.42 Å². The lowest BCUT2D eigenvalue weighted by molar-refractivity contribution is 0.247. The summed E-state index contributed by atoms with van der Waals surface area (Å²) in [5.41, 5.74) is 1.16. The summed E-state index contributed by atoms with van der Waals surface area (Å²) in [7, 11) is 0. The van der Waals surface area contributed by atoms with Crippen LogP contribution in [-0.2, 0) is 12.8 Å². The highest BCUT2D eigenvalue weighted by Gasteiger charge is 2.17. The van der Waals surface area contributed by atoms with E-state index in [0.29, 0.717) is 5.13 Å². The molecule has 0 aromatic carbocycles. The average molecular weight is 319 g/mol. The fourth-order valence-electron chi connectivity index (χ4n) is 2.67. The molecule has 1 atom stereocenters. The molecule has 5 nitrogen and oxygen atoms in total. The normalized spacial score (nSPS) is 15.7. The van der Waals surface area contributed by atoms with Crippen molar-refractivity contribution >= 4 is 22.5 Å². The Morgan fingerprint density at radius 1 is 1.32 bits per heavy atom. The third-order valence-corrected chi connectivity index (χ3v) is 4.92. The molecule has 22 heavy (non-hydrogen) atoms. The number of aryl methyl sites for hydroxylation is 3. The van der Waals surface area contributed by atoms with Gasteiger partial charge in [-0.3, -0.25) is 5.32 Å². The second kappa shape index (κ2) is 6.52. The van der Waals surface area contributed by atoms with Gasteiger partial charge in [0.25, 0.3) is 0 Å². The standard InChI is InChI=1S/C16H21N3O2S/c1-10-8-9-13(21-10)11(2)17-15(20)19-16-18-12-6-4-3-5-7-14(12)22-16/h8-9,11H,3-7H2,1-2H3,(H2,17,18,19,20). The van der Waals surface area contributed by atoms with E-state index in [-0.39, 0.29) is 12.1 Å². The number of carbonyl (C=O) groups excluding carboxylic acids is 1. The van der Waals surface area contributed by atoms with Crippen molar-refractivity contribution in [1.82, 2.24) is 10.3 Å². The van der Waals surface area contributed by atoms with Crippen LogP contribution < -0.4 is 10.6 Å². The molecule has 6 heteroatoms. The molecule has 2 aromatic rings. The van der Waals surface area contributed by atoms with Crippen molar-refractivity contribution in [2.75, 3.05) is 5.32 Å². The summed E-state index contributed by atoms with van der Waals surface area (Å²) in [4.78, 5) is 18.0. The average Bonchev–Trinajstić information content (AvgIpc) is 3.00. The van der Waals surface area contributed by atoms with Crippen LogP contribution in [0.15, 0.2) is 16.5 Å². The van der Waals surface area contributed by atoms with E-state index in [4.69, 9.17) is 4.42 Å². The molecular weight excluding hydrogens is 298 g/mol. The summed E-state index contributed by atoms with van der Waals surface area (Å²) in [5.74, 6) is 1.59. The van der Waals surface area contributed by atoms with Crippen LogP contribution in [0.4, 0.5) is 9.93 Å². The molecular formula is C16H21N3O2S. The van der Waals surface area contributed by atoms with Crippen molar-refractivity contribution in [3.63, 3.8) is 0 Å². The van der Waals surface area contributed by atoms with E-state index in [2.05, 4.69) is 15.6 Å². The van der Waals surface area contributed by atoms with Gasteiger partial charge in [0.15, 0.2) is 5.13 Å². The molecule has 1 unspecified atom stereocenters. The minimum Gasteiger partial charge on any atom is -0.464 e. The summed E-state index contributed by atoms with van der Waals surface area (Å²) in [6, 6.07) is 3.35. The van der Waals surface area contributed by atoms with Crippen LogP contribution in [0.5, 0.6) is 0 Å². The zero-order chi connectivity index (χ0) is 15.5. The van der Waals surface area contributed by atoms with Crippen LogP contribution in [0.2, 0.25) is 0 Å². The molecule has 118 valence electrons. The van der Waals surface area contributed by atoms with Crippen LogP contribution in [-0.4, -0.2) is 11.0 Å². The van der Waals surface area contributed by atoms with Gasteiger partial charge in [0.05, 0.1) is 11.7 Å². The molecule has 1 aliphatic rings. The maximum Gasteiger partial charge on any atom is 0.321 e. The number of fused-ring (bicyclic) bond motifs is 1. The number of nitrogens with zero attached hydrogens (tertiary/aromatic N) is 1. The van der Waals surface area contributed by atoms with E-state index >= 15 is 0 Å². The Labute approximate surface area is 134 Å². The van der Waals surface area contributed by atoms with Crippen molar-refractivity contribution in [2.24, 2.45) is 0 Å². The van der Waals surface area contributed by atoms with Crippen molar-refractivity contribution in [3.8, 4) is 0 Å². The highest BCUT2D eigenvalue weighted by atomic mass is 32.1. The van der Waals surface area contributed by atoms with Crippen LogP contribution in [0.25, 0.3) is 0 Å². The van der Waals surface area contributed by atoms with Gasteiger partial charge in [-0.2, -0.15) is 0 Å². The maximum absolute atomic E-state index is 12.1. The summed E-state index contributed by atoms with van der Waals surface area (Å²) in [6.07, 6.45) is 5.79. The first-order valence-corrected chi connectivity index (χ1v) is 8.56. The quantitative estimate of drug-likeness (QED) is 0.833. The number of hydrogen-bond acceptors (Lipinski definition) is 4. The van der Waals surface area contributed by atoms with Gasteiger partial charge in [0.2, 0.25) is 0 Å². The number of amides is 2. The molecule has 0 aliphatic heterocycles. The summed E-state index contributed by atoms with van der Waals surface area (Å²) >= 11 is 1.60. The Balaban J connectivity index is 1.60. The van der Waals surface area contributed by atoms with Gasteiger partial charge in [0, 0.05) is 4.88 Å². The third-order valence-electron chi connectivity index (χ3n) is 3.85. The Hall–Kier alpha value is -1.82. The molecule has 2 amide bonds. The Morgan fingerprint density at radius 3 is 2.91 bits per heavy atom. The monoisotopic (exact) mass is 319 g/mol. The highest BCUT2D eigenvalue weighted by molar-refractivity contribution is 7.15. The molecule has 0 bridgehead atoms. The number of aromatic nitrogens is 1. The first kappa shape index (κ1) is 15.1. The fourth-order valence-corrected chi connectivity index (χ4v) is 3.71. The maximum atomic E-state index is 12.1. The number of thiazole rings is 1. The van der Waals surface area contributed by atoms with Crippen molar-refractivity contribution in [1.29, 1.82) is 0 Å². The van der Waals surface area contributed by atoms with Gasteiger partial charge in [-0.15, -0.1) is 11.3 Å². The number of hydrogen-bond donors (Lipinski definition) is 2. The molecule has 0 radical (unpaired) electrons. The molecule has 0 fully saturated rings. The van der Waals surface area contributed by atoms with E-state index < -0.39 is 0 Å². The van der Waals surface area contributed by atoms with Crippen LogP contribution >= 0.6 is 11.3 Å². The number of furan rings is 1. The SMILES string of the molecule is Cc1ccc(C(C)NC(=O)Nc2nc3c(s2)CCCCC3)o1. The lowest BCUT2D eigenvalue weighted by Crippen LogP contribution is -2.30. The second-order valence-electron chi connectivity index (χ2n) is 5.72. The van der Waals surface area contributed by atoms with E-state index in [0.717, 1.165) is 30.1 Å². The van der Waals surface area contributed by atoms with Gasteiger partial charge in [-0.25, -0.2) is 9.78 Å². The zero-order valence-electron chi connectivity index (χ0n) is 12.9. The van der Waals surface area contributed by atoms with Crippen molar-refractivity contribution in [2.45, 2.75) is 52.0 Å². The van der Waals surface area contributed by atoms with Crippen LogP contribution in [0.3, 0.4) is 0 Å². The molecule has 2 heterocycles. The molecule has 3 rings (SSSR count). The summed E-state index contributed by atoms with van der Waals surface area (Å²) in [6.45, 7) is 3.79. The number of anilines is 1. The van der Waals surface area contributed by atoms with Gasteiger partial charge in [0.1, 0.15) is 11.5 Å². The summed E-state index contributed by atoms with van der Waals surface area (Å²) < 4.78 is 5.52. The van der Waals surface area contributed by atoms with Gasteiger partial charge < -0.3 is 9.73 Å². The minimum absolute atomic E-state index is 0.175. The second-order valence-corrected chi connectivity index (χ2v) is 6.80. The summed E-state index contributed by atoms with van der Waals surface area (Å²) in [5, 5.41) is 6.40. The van der Waals surface area contributed by atoms with E-state index in [1.54, 1.807) is 11.3 Å². The molecule has 2 N–H and O–H groups in total. The molecule has 0 spiro atoms. The molecule has 0 saturated heterocycles. The van der Waals surface area contributed by atoms with Gasteiger partial charge >= 0.3 is 6.03 Å². The van der Waals surface area contributed by atoms with Gasteiger partial charge in [-0.05, 0) is 51.7 Å². The third kappa shape index (κ3) is 3.50. The van der Waals surface area contributed by atoms with Crippen molar-refractivity contribution in [3.05, 3.63) is 34.2 Å². The number of carbonyl (C=O) groups is 1. The number of nitrogens with one attached hydrogen (secondary N) is 2. The van der Waals surface area contributed by atoms with E-state index in [1.165, 1.54) is 24.1 Å². The largest absolute Gasteiger partial charge is 0.464 e. The Kier molecular flexibility index (Phi) is 4.47. The molecule has 1 aliphatic carbocycles. The smallest absolute Gasteiger partial charge is 0.321 e. The predicted octanol–water partition coefficient (Wildman–Crippen LogP) is 4.20. The van der Waals surface area contributed by atoms with E-state index in [1.807, 2.05) is 26.0 Å². The predicted molar refractivity (Wildman–Crippen MR) is 87.4 cm³/mol. The topological polar surface area (TPSA) is 67.2 Å². The Bertz CT molecular complexity index is 639. The number of rotatable bonds is 3. The first-order chi connectivity index (χ1) is 10.6. The first-order valence-electron chi connectivity index (χ1n) is 7.74. The molecule has 0 saturated carbocycles. The highest BCUT2D eigenvalue weighted by Crippen LogP contribution is 2.29. The Morgan fingerprint density at radius 2 is 2.14 bits per heavy atom. The van der Waals surface area contributed by atoms with Crippen LogP contribution in [0.1, 0.15) is 54.3 Å². The fraction of sp³-hybridized carbons (Fsp3) is 0.500.